The summed E-state index contributed by atoms with van der Waals surface area (Å²) < 4.78 is 11.2. The topological polar surface area (TPSA) is 18.5 Å². The minimum Gasteiger partial charge on any atom is -0.359 e. The van der Waals surface area contributed by atoms with Gasteiger partial charge in [-0.05, 0) is 104 Å². The first kappa shape index (κ1) is 24.8. The molecule has 4 rings (SSSR count). The van der Waals surface area contributed by atoms with Crippen molar-refractivity contribution in [2.75, 3.05) is 13.9 Å². The van der Waals surface area contributed by atoms with Crippen LogP contribution in [0.3, 0.4) is 0 Å². The van der Waals surface area contributed by atoms with Crippen molar-refractivity contribution >= 4 is 0 Å². The summed E-state index contributed by atoms with van der Waals surface area (Å²) >= 11 is 0. The van der Waals surface area contributed by atoms with Crippen molar-refractivity contribution in [2.24, 2.45) is 46.3 Å². The summed E-state index contributed by atoms with van der Waals surface area (Å²) in [6.45, 7) is 13.0. The Labute approximate surface area is 199 Å². The fraction of sp³-hybridized carbons (Fsp3) is 0.933. The summed E-state index contributed by atoms with van der Waals surface area (Å²) in [4.78, 5) is 0. The van der Waals surface area contributed by atoms with Gasteiger partial charge >= 0.3 is 0 Å². The fourth-order valence-corrected chi connectivity index (χ4v) is 9.42. The third kappa shape index (κ3) is 4.37. The van der Waals surface area contributed by atoms with Crippen molar-refractivity contribution in [3.8, 4) is 0 Å². The molecule has 0 aromatic rings. The number of methoxy groups -OCH3 is 1. The summed E-state index contributed by atoms with van der Waals surface area (Å²) in [5, 5.41) is 0. The van der Waals surface area contributed by atoms with Crippen LogP contribution in [0.2, 0.25) is 0 Å². The Bertz CT molecular complexity index is 653. The highest BCUT2D eigenvalue weighted by Gasteiger charge is 2.59. The number of hydrogen-bond acceptors (Lipinski definition) is 2. The number of hydrogen-bond donors (Lipinski definition) is 0. The maximum Gasteiger partial charge on any atom is 0.146 e. The Hall–Kier alpha value is -0.340. The number of fused-ring (bicyclic) bond motifs is 5. The Morgan fingerprint density at radius 2 is 1.84 bits per heavy atom. The second kappa shape index (κ2) is 10.1. The van der Waals surface area contributed by atoms with Gasteiger partial charge in [-0.3, -0.25) is 0 Å². The zero-order valence-corrected chi connectivity index (χ0v) is 22.1. The maximum absolute atomic E-state index is 6.02. The predicted molar refractivity (Wildman–Crippen MR) is 134 cm³/mol. The first-order chi connectivity index (χ1) is 15.4. The van der Waals surface area contributed by atoms with Gasteiger partial charge < -0.3 is 9.47 Å². The summed E-state index contributed by atoms with van der Waals surface area (Å²) in [7, 11) is 1.74. The molecule has 3 unspecified atom stereocenters. The smallest absolute Gasteiger partial charge is 0.146 e. The molecule has 0 saturated heterocycles. The van der Waals surface area contributed by atoms with Crippen LogP contribution in [0, 0.1) is 46.3 Å². The van der Waals surface area contributed by atoms with E-state index in [-0.39, 0.29) is 0 Å². The minimum atomic E-state index is 0.369. The minimum absolute atomic E-state index is 0.369. The monoisotopic (exact) mass is 444 g/mol. The van der Waals surface area contributed by atoms with Crippen molar-refractivity contribution in [1.82, 2.24) is 0 Å². The van der Waals surface area contributed by atoms with Gasteiger partial charge in [-0.2, -0.15) is 0 Å². The molecule has 8 atom stereocenters. The summed E-state index contributed by atoms with van der Waals surface area (Å²) in [6, 6.07) is 0. The molecule has 3 fully saturated rings. The molecule has 0 bridgehead atoms. The van der Waals surface area contributed by atoms with Gasteiger partial charge in [0.25, 0.3) is 0 Å². The molecule has 0 spiro atoms. The summed E-state index contributed by atoms with van der Waals surface area (Å²) in [5.41, 5.74) is 2.82. The molecule has 32 heavy (non-hydrogen) atoms. The van der Waals surface area contributed by atoms with Crippen molar-refractivity contribution in [3.05, 3.63) is 11.6 Å². The van der Waals surface area contributed by atoms with E-state index in [1.807, 2.05) is 0 Å². The lowest BCUT2D eigenvalue weighted by atomic mass is 9.46. The van der Waals surface area contributed by atoms with Gasteiger partial charge in [0.05, 0.1) is 6.10 Å². The second-order valence-corrected chi connectivity index (χ2v) is 12.8. The zero-order valence-electron chi connectivity index (χ0n) is 22.1. The average Bonchev–Trinajstić information content (AvgIpc) is 3.14. The van der Waals surface area contributed by atoms with Crippen LogP contribution in [0.25, 0.3) is 0 Å². The van der Waals surface area contributed by atoms with E-state index in [1.165, 1.54) is 70.6 Å². The van der Waals surface area contributed by atoms with Gasteiger partial charge in [0, 0.05) is 7.11 Å². The number of allylic oxidation sites excluding steroid dienone is 1. The van der Waals surface area contributed by atoms with Gasteiger partial charge in [0.2, 0.25) is 0 Å². The Balaban J connectivity index is 1.48. The van der Waals surface area contributed by atoms with Crippen LogP contribution >= 0.6 is 0 Å². The van der Waals surface area contributed by atoms with E-state index in [2.05, 4.69) is 40.7 Å². The van der Waals surface area contributed by atoms with Crippen LogP contribution in [0.1, 0.15) is 112 Å². The van der Waals surface area contributed by atoms with Crippen LogP contribution in [-0.4, -0.2) is 20.0 Å². The Morgan fingerprint density at radius 1 is 1.03 bits per heavy atom. The molecule has 184 valence electrons. The molecule has 0 N–H and O–H groups in total. The molecule has 0 heterocycles. The first-order valence-corrected chi connectivity index (χ1v) is 14.2. The number of rotatable bonds is 9. The molecular formula is C30H52O2. The van der Waals surface area contributed by atoms with E-state index in [1.54, 1.807) is 12.7 Å². The second-order valence-electron chi connectivity index (χ2n) is 12.8. The number of ether oxygens (including phenoxy) is 2. The molecule has 4 aliphatic carbocycles. The van der Waals surface area contributed by atoms with Crippen LogP contribution in [0.15, 0.2) is 11.6 Å². The Morgan fingerprint density at radius 3 is 2.56 bits per heavy atom. The molecule has 0 radical (unpaired) electrons. The van der Waals surface area contributed by atoms with Crippen molar-refractivity contribution in [1.29, 1.82) is 0 Å². The lowest BCUT2D eigenvalue weighted by Crippen LogP contribution is -2.51. The molecule has 2 nitrogen and oxygen atoms in total. The van der Waals surface area contributed by atoms with E-state index in [0.29, 0.717) is 23.7 Å². The van der Waals surface area contributed by atoms with E-state index < -0.39 is 0 Å². The maximum atomic E-state index is 6.02. The van der Waals surface area contributed by atoms with Crippen molar-refractivity contribution in [2.45, 2.75) is 118 Å². The molecule has 4 aliphatic rings. The third-order valence-corrected chi connectivity index (χ3v) is 11.0. The molecular weight excluding hydrogens is 392 g/mol. The first-order valence-electron chi connectivity index (χ1n) is 14.2. The lowest BCUT2D eigenvalue weighted by molar-refractivity contribution is -0.102. The van der Waals surface area contributed by atoms with E-state index in [9.17, 15) is 0 Å². The lowest BCUT2D eigenvalue weighted by Gasteiger charge is -2.59. The Kier molecular flexibility index (Phi) is 7.82. The molecule has 2 heteroatoms. The molecule has 0 amide bonds. The van der Waals surface area contributed by atoms with E-state index >= 15 is 0 Å². The summed E-state index contributed by atoms with van der Waals surface area (Å²) in [5.74, 6) is 5.53. The predicted octanol–water partition coefficient (Wildman–Crippen LogP) is 8.41. The van der Waals surface area contributed by atoms with Crippen molar-refractivity contribution in [3.63, 3.8) is 0 Å². The van der Waals surface area contributed by atoms with Gasteiger partial charge in [-0.1, -0.05) is 65.5 Å². The average molecular weight is 445 g/mol. The highest BCUT2D eigenvalue weighted by molar-refractivity contribution is 5.26. The molecule has 0 aromatic heterocycles. The van der Waals surface area contributed by atoms with Crippen LogP contribution in [-0.2, 0) is 9.47 Å². The largest absolute Gasteiger partial charge is 0.359 e. The van der Waals surface area contributed by atoms with Crippen LogP contribution < -0.4 is 0 Å². The molecule has 0 aliphatic heterocycles. The summed E-state index contributed by atoms with van der Waals surface area (Å²) in [6.07, 6.45) is 19.7. The van der Waals surface area contributed by atoms with E-state index in [0.717, 1.165) is 41.9 Å². The van der Waals surface area contributed by atoms with Crippen LogP contribution in [0.5, 0.6) is 0 Å². The van der Waals surface area contributed by atoms with Gasteiger partial charge in [-0.25, -0.2) is 0 Å². The third-order valence-electron chi connectivity index (χ3n) is 11.0. The normalized spacial score (nSPS) is 42.2. The van der Waals surface area contributed by atoms with Gasteiger partial charge in [0.15, 0.2) is 0 Å². The van der Waals surface area contributed by atoms with E-state index in [4.69, 9.17) is 9.47 Å². The molecule has 0 aromatic carbocycles. The standard InChI is InChI=1S/C30H52O2/c1-7-30-18-15-24(32-20-31-6)19-23(30)11-12-25-27-14-13-26(22(4)10-8-9-21(2)3)29(27,5)17-16-28(25)30/h11,21-22,24-28H,7-10,12-20H2,1-6H3/t22-,24+,25+,26?,27?,28?,29-,30+/m1/s1. The highest BCUT2D eigenvalue weighted by Crippen LogP contribution is 2.68. The highest BCUT2D eigenvalue weighted by atomic mass is 16.7. The van der Waals surface area contributed by atoms with Crippen molar-refractivity contribution < 1.29 is 9.47 Å². The zero-order chi connectivity index (χ0) is 22.9. The quantitative estimate of drug-likeness (QED) is 0.262. The fourth-order valence-electron chi connectivity index (χ4n) is 9.42. The van der Waals surface area contributed by atoms with Gasteiger partial charge in [0.1, 0.15) is 6.79 Å². The van der Waals surface area contributed by atoms with Crippen LogP contribution in [0.4, 0.5) is 0 Å². The molecule has 3 saturated carbocycles. The SMILES string of the molecule is CC[C@]12CC[C@H](OCOC)CC1=CC[C@@H]1C2CC[C@@]2(C)C1CCC2[C@H](C)CCCC(C)C. The van der Waals surface area contributed by atoms with Gasteiger partial charge in [-0.15, -0.1) is 0 Å².